The van der Waals surface area contributed by atoms with Gasteiger partial charge in [-0.05, 0) is 46.9 Å². The normalized spacial score (nSPS) is 10.2. The van der Waals surface area contributed by atoms with Crippen LogP contribution in [0.15, 0.2) is 35.3 Å². The molecule has 0 spiro atoms. The van der Waals surface area contributed by atoms with Crippen LogP contribution in [-0.2, 0) is 0 Å². The number of thioether (sulfide) groups is 1. The minimum absolute atomic E-state index is 0.844. The molecule has 0 N–H and O–H groups in total. The van der Waals surface area contributed by atoms with Gasteiger partial charge in [-0.25, -0.2) is 9.97 Å². The molecule has 0 aliphatic heterocycles. The first kappa shape index (κ1) is 15.8. The summed E-state index contributed by atoms with van der Waals surface area (Å²) in [6.45, 7) is 15.2. The number of aromatic nitrogens is 2. The molecule has 0 amide bonds. The van der Waals surface area contributed by atoms with Gasteiger partial charge in [0.1, 0.15) is 0 Å². The molecular formula is C15H23N3S. The van der Waals surface area contributed by atoms with E-state index in [-0.39, 0.29) is 0 Å². The quantitative estimate of drug-likeness (QED) is 0.581. The first-order valence-electron chi connectivity index (χ1n) is 6.48. The maximum Gasteiger partial charge on any atom is 0.188 e. The molecule has 0 aliphatic carbocycles. The maximum atomic E-state index is 4.46. The van der Waals surface area contributed by atoms with Crippen molar-refractivity contribution in [3.8, 4) is 0 Å². The Morgan fingerprint density at radius 2 is 1.89 bits per heavy atom. The van der Waals surface area contributed by atoms with E-state index >= 15 is 0 Å². The standard InChI is InChI=1S/C15H23N3S/c1-7-18(8-2)14(11(3)4)10-19-15-16-12(5)9-13(6)17-15/h7,9H,1,8,10H2,2-6H3. The van der Waals surface area contributed by atoms with Gasteiger partial charge in [-0.3, -0.25) is 0 Å². The Bertz CT molecular complexity index is 456. The highest BCUT2D eigenvalue weighted by Gasteiger charge is 2.09. The van der Waals surface area contributed by atoms with Crippen LogP contribution in [0.2, 0.25) is 0 Å². The van der Waals surface area contributed by atoms with Crippen molar-refractivity contribution in [3.05, 3.63) is 41.5 Å². The van der Waals surface area contributed by atoms with Crippen molar-refractivity contribution in [1.82, 2.24) is 14.9 Å². The van der Waals surface area contributed by atoms with Gasteiger partial charge in [0.25, 0.3) is 0 Å². The van der Waals surface area contributed by atoms with E-state index in [9.17, 15) is 0 Å². The highest BCUT2D eigenvalue weighted by atomic mass is 32.2. The Balaban J connectivity index is 2.83. The summed E-state index contributed by atoms with van der Waals surface area (Å²) in [5.74, 6) is 0.866. The summed E-state index contributed by atoms with van der Waals surface area (Å²) >= 11 is 1.67. The second-order valence-corrected chi connectivity index (χ2v) is 5.58. The largest absolute Gasteiger partial charge is 0.352 e. The summed E-state index contributed by atoms with van der Waals surface area (Å²) in [6, 6.07) is 1.99. The smallest absolute Gasteiger partial charge is 0.188 e. The Morgan fingerprint density at radius 1 is 1.32 bits per heavy atom. The molecule has 0 saturated heterocycles. The number of hydrogen-bond acceptors (Lipinski definition) is 4. The third-order valence-corrected chi connectivity index (χ3v) is 3.64. The molecule has 1 aromatic rings. The van der Waals surface area contributed by atoms with Crippen molar-refractivity contribution < 1.29 is 0 Å². The Kier molecular flexibility index (Phi) is 6.09. The lowest BCUT2D eigenvalue weighted by Crippen LogP contribution is -2.18. The predicted octanol–water partition coefficient (Wildman–Crippen LogP) is 3.94. The first-order chi connectivity index (χ1) is 8.97. The molecule has 0 aliphatic rings. The van der Waals surface area contributed by atoms with Crippen molar-refractivity contribution >= 4 is 11.8 Å². The average Bonchev–Trinajstić information content (AvgIpc) is 2.32. The molecule has 104 valence electrons. The fourth-order valence-electron chi connectivity index (χ4n) is 1.84. The third-order valence-electron chi connectivity index (χ3n) is 2.78. The number of allylic oxidation sites excluding steroid dienone is 1. The van der Waals surface area contributed by atoms with Crippen LogP contribution < -0.4 is 0 Å². The van der Waals surface area contributed by atoms with E-state index in [4.69, 9.17) is 0 Å². The number of aryl methyl sites for hydroxylation is 2. The van der Waals surface area contributed by atoms with Gasteiger partial charge in [0.2, 0.25) is 0 Å². The van der Waals surface area contributed by atoms with Crippen molar-refractivity contribution in [2.24, 2.45) is 0 Å². The van der Waals surface area contributed by atoms with Gasteiger partial charge in [-0.15, -0.1) is 0 Å². The molecule has 1 aromatic heterocycles. The minimum atomic E-state index is 0.844. The fraction of sp³-hybridized carbons (Fsp3) is 0.467. The summed E-state index contributed by atoms with van der Waals surface area (Å²) in [7, 11) is 0. The van der Waals surface area contributed by atoms with Gasteiger partial charge >= 0.3 is 0 Å². The summed E-state index contributed by atoms with van der Waals surface area (Å²) in [5, 5.41) is 0.844. The second kappa shape index (κ2) is 7.34. The summed E-state index contributed by atoms with van der Waals surface area (Å²) in [6.07, 6.45) is 1.88. The van der Waals surface area contributed by atoms with Crippen LogP contribution in [0.4, 0.5) is 0 Å². The highest BCUT2D eigenvalue weighted by molar-refractivity contribution is 7.99. The van der Waals surface area contributed by atoms with E-state index in [1.165, 1.54) is 11.3 Å². The number of nitrogens with zero attached hydrogens (tertiary/aromatic N) is 3. The van der Waals surface area contributed by atoms with E-state index in [1.54, 1.807) is 11.8 Å². The van der Waals surface area contributed by atoms with Crippen LogP contribution in [0.3, 0.4) is 0 Å². The molecular weight excluding hydrogens is 254 g/mol. The van der Waals surface area contributed by atoms with E-state index in [0.717, 1.165) is 28.8 Å². The summed E-state index contributed by atoms with van der Waals surface area (Å²) in [4.78, 5) is 11.1. The van der Waals surface area contributed by atoms with Gasteiger partial charge in [0.05, 0.1) is 0 Å². The molecule has 0 radical (unpaired) electrons. The Hall–Kier alpha value is -1.29. The SMILES string of the molecule is C=CN(CC)C(CSc1nc(C)cc(C)n1)=C(C)C. The van der Waals surface area contributed by atoms with E-state index in [2.05, 4.69) is 42.2 Å². The lowest BCUT2D eigenvalue weighted by Gasteiger charge is -2.23. The Labute approximate surface area is 120 Å². The van der Waals surface area contributed by atoms with Gasteiger partial charge in [0, 0.05) is 29.4 Å². The molecule has 0 unspecified atom stereocenters. The molecule has 0 atom stereocenters. The molecule has 0 fully saturated rings. The Morgan fingerprint density at radius 3 is 2.32 bits per heavy atom. The predicted molar refractivity (Wildman–Crippen MR) is 83.2 cm³/mol. The lowest BCUT2D eigenvalue weighted by molar-refractivity contribution is 0.490. The zero-order valence-corrected chi connectivity index (χ0v) is 13.3. The van der Waals surface area contributed by atoms with Crippen LogP contribution in [0.25, 0.3) is 0 Å². The van der Waals surface area contributed by atoms with Crippen molar-refractivity contribution in [1.29, 1.82) is 0 Å². The van der Waals surface area contributed by atoms with Crippen LogP contribution in [0.1, 0.15) is 32.2 Å². The number of hydrogen-bond donors (Lipinski definition) is 0. The van der Waals surface area contributed by atoms with Gasteiger partial charge in [-0.2, -0.15) is 0 Å². The summed E-state index contributed by atoms with van der Waals surface area (Å²) < 4.78 is 0. The molecule has 1 heterocycles. The van der Waals surface area contributed by atoms with Gasteiger partial charge < -0.3 is 4.90 Å². The van der Waals surface area contributed by atoms with Crippen LogP contribution in [0, 0.1) is 13.8 Å². The molecule has 3 nitrogen and oxygen atoms in total. The molecule has 4 heteroatoms. The molecule has 0 aromatic carbocycles. The van der Waals surface area contributed by atoms with Crippen LogP contribution in [-0.4, -0.2) is 27.2 Å². The van der Waals surface area contributed by atoms with Crippen molar-refractivity contribution in [2.75, 3.05) is 12.3 Å². The zero-order valence-electron chi connectivity index (χ0n) is 12.5. The highest BCUT2D eigenvalue weighted by Crippen LogP contribution is 2.21. The van der Waals surface area contributed by atoms with Gasteiger partial charge in [-0.1, -0.05) is 23.9 Å². The van der Waals surface area contributed by atoms with E-state index < -0.39 is 0 Å². The average molecular weight is 277 g/mol. The third kappa shape index (κ3) is 4.71. The first-order valence-corrected chi connectivity index (χ1v) is 7.47. The van der Waals surface area contributed by atoms with E-state index in [1.807, 2.05) is 26.1 Å². The molecule has 0 saturated carbocycles. The zero-order chi connectivity index (χ0) is 14.4. The molecule has 19 heavy (non-hydrogen) atoms. The minimum Gasteiger partial charge on any atom is -0.352 e. The van der Waals surface area contributed by atoms with Crippen molar-refractivity contribution in [2.45, 2.75) is 39.8 Å². The molecule has 1 rings (SSSR count). The van der Waals surface area contributed by atoms with Crippen LogP contribution >= 0.6 is 11.8 Å². The summed E-state index contributed by atoms with van der Waals surface area (Å²) in [5.41, 5.74) is 4.62. The second-order valence-electron chi connectivity index (χ2n) is 4.64. The molecule has 0 bridgehead atoms. The van der Waals surface area contributed by atoms with Gasteiger partial charge in [0.15, 0.2) is 5.16 Å². The number of rotatable bonds is 6. The monoisotopic (exact) mass is 277 g/mol. The fourth-order valence-corrected chi connectivity index (χ4v) is 2.97. The van der Waals surface area contributed by atoms with Crippen molar-refractivity contribution in [3.63, 3.8) is 0 Å². The lowest BCUT2D eigenvalue weighted by atomic mass is 10.2. The van der Waals surface area contributed by atoms with E-state index in [0.29, 0.717) is 0 Å². The topological polar surface area (TPSA) is 29.0 Å². The van der Waals surface area contributed by atoms with Crippen LogP contribution in [0.5, 0.6) is 0 Å². The maximum absolute atomic E-state index is 4.46.